The number of nitrogens with zero attached hydrogens (tertiary/aromatic N) is 1. The van der Waals surface area contributed by atoms with E-state index in [1.807, 2.05) is 0 Å². The lowest BCUT2D eigenvalue weighted by molar-refractivity contribution is -0.886. The molecule has 3 heteroatoms. The van der Waals surface area contributed by atoms with Crippen LogP contribution in [0, 0.1) is 5.92 Å². The van der Waals surface area contributed by atoms with Crippen molar-refractivity contribution in [3.8, 4) is 0 Å². The van der Waals surface area contributed by atoms with Crippen molar-refractivity contribution in [1.29, 1.82) is 0 Å². The Labute approximate surface area is 145 Å². The van der Waals surface area contributed by atoms with Gasteiger partial charge >= 0.3 is 0 Å². The summed E-state index contributed by atoms with van der Waals surface area (Å²) in [5.74, 6) is 1.04. The predicted molar refractivity (Wildman–Crippen MR) is 86.2 cm³/mol. The van der Waals surface area contributed by atoms with Crippen molar-refractivity contribution in [3.05, 3.63) is 35.9 Å². The lowest BCUT2D eigenvalue weighted by Crippen LogP contribution is -3.00. The molecule has 1 saturated heterocycles. The molecular formula is C19H28BrNO. The third kappa shape index (κ3) is 3.16. The normalized spacial score (nSPS) is 28.9. The van der Waals surface area contributed by atoms with Crippen LogP contribution in [-0.4, -0.2) is 37.5 Å². The van der Waals surface area contributed by atoms with E-state index in [9.17, 15) is 4.79 Å². The Morgan fingerprint density at radius 1 is 1.05 bits per heavy atom. The molecule has 2 fully saturated rings. The second-order valence-electron chi connectivity index (χ2n) is 7.66. The molecule has 1 saturated carbocycles. The summed E-state index contributed by atoms with van der Waals surface area (Å²) >= 11 is 0. The van der Waals surface area contributed by atoms with Crippen LogP contribution in [0.15, 0.2) is 30.3 Å². The maximum Gasteiger partial charge on any atom is 0.197 e. The molecular weight excluding hydrogens is 338 g/mol. The van der Waals surface area contributed by atoms with Gasteiger partial charge in [0.1, 0.15) is 6.54 Å². The Hall–Kier alpha value is -0.670. The van der Waals surface area contributed by atoms with Crippen molar-refractivity contribution in [3.63, 3.8) is 0 Å². The first-order valence-corrected chi connectivity index (χ1v) is 8.45. The second kappa shape index (κ2) is 6.84. The lowest BCUT2D eigenvalue weighted by Gasteiger charge is -2.48. The van der Waals surface area contributed by atoms with E-state index >= 15 is 0 Å². The van der Waals surface area contributed by atoms with Crippen LogP contribution in [0.3, 0.4) is 0 Å². The van der Waals surface area contributed by atoms with Gasteiger partial charge in [0, 0.05) is 6.42 Å². The van der Waals surface area contributed by atoms with Gasteiger partial charge < -0.3 is 21.5 Å². The Kier molecular flexibility index (Phi) is 5.50. The number of carbonyl (C=O) groups excluding carboxylic acids is 1. The highest BCUT2D eigenvalue weighted by molar-refractivity contribution is 5.92. The number of hydrogen-bond acceptors (Lipinski definition) is 1. The number of benzene rings is 1. The van der Waals surface area contributed by atoms with Gasteiger partial charge in [0.15, 0.2) is 5.78 Å². The summed E-state index contributed by atoms with van der Waals surface area (Å²) in [4.78, 5) is 13.2. The van der Waals surface area contributed by atoms with Crippen LogP contribution in [0.25, 0.3) is 0 Å². The van der Waals surface area contributed by atoms with Crippen molar-refractivity contribution in [2.45, 2.75) is 43.9 Å². The maximum absolute atomic E-state index is 13.2. The van der Waals surface area contributed by atoms with Gasteiger partial charge in [-0.25, -0.2) is 0 Å². The molecule has 1 atom stereocenters. The van der Waals surface area contributed by atoms with Crippen LogP contribution in [-0.2, 0) is 10.2 Å². The zero-order valence-corrected chi connectivity index (χ0v) is 15.4. The minimum atomic E-state index is -0.199. The van der Waals surface area contributed by atoms with Crippen LogP contribution < -0.4 is 17.0 Å². The van der Waals surface area contributed by atoms with Gasteiger partial charge in [-0.2, -0.15) is 0 Å². The van der Waals surface area contributed by atoms with E-state index in [0.29, 0.717) is 18.2 Å². The van der Waals surface area contributed by atoms with Crippen LogP contribution >= 0.6 is 0 Å². The summed E-state index contributed by atoms with van der Waals surface area (Å²) in [5, 5.41) is 0. The van der Waals surface area contributed by atoms with Gasteiger partial charge in [-0.3, -0.25) is 4.79 Å². The standard InChI is InChI=1S/C19H28NO.BrH/c1-20(2)14-13-19(18(21)15-20,16-9-5-3-6-10-16)17-11-7-4-8-12-17;/h3,5-6,9-10,17H,4,7-8,11-15H2,1-2H3;1H/q+1;/p-1. The number of rotatable bonds is 2. The molecule has 2 nitrogen and oxygen atoms in total. The average Bonchev–Trinajstić information content (AvgIpc) is 2.49. The first kappa shape index (κ1) is 17.7. The summed E-state index contributed by atoms with van der Waals surface area (Å²) in [6.45, 7) is 1.79. The summed E-state index contributed by atoms with van der Waals surface area (Å²) in [5.41, 5.74) is 1.08. The first-order chi connectivity index (χ1) is 10.0. The average molecular weight is 366 g/mol. The molecule has 22 heavy (non-hydrogen) atoms. The predicted octanol–water partition coefficient (Wildman–Crippen LogP) is 0.558. The molecule has 0 radical (unpaired) electrons. The van der Waals surface area contributed by atoms with Crippen LogP contribution in [0.2, 0.25) is 0 Å². The highest BCUT2D eigenvalue weighted by atomic mass is 79.9. The number of halogens is 1. The van der Waals surface area contributed by atoms with Gasteiger partial charge in [-0.1, -0.05) is 49.6 Å². The molecule has 1 aliphatic carbocycles. The van der Waals surface area contributed by atoms with Crippen LogP contribution in [0.4, 0.5) is 0 Å². The number of likely N-dealkylation sites (N-methyl/N-ethyl adjacent to an activating group) is 1. The van der Waals surface area contributed by atoms with Crippen molar-refractivity contribution in [2.24, 2.45) is 5.92 Å². The highest BCUT2D eigenvalue weighted by Crippen LogP contribution is 2.46. The molecule has 1 unspecified atom stereocenters. The van der Waals surface area contributed by atoms with Crippen LogP contribution in [0.1, 0.15) is 44.1 Å². The number of carbonyl (C=O) groups is 1. The van der Waals surface area contributed by atoms with Gasteiger partial charge in [-0.15, -0.1) is 0 Å². The van der Waals surface area contributed by atoms with E-state index in [1.54, 1.807) is 0 Å². The van der Waals surface area contributed by atoms with Gasteiger partial charge in [0.25, 0.3) is 0 Å². The molecule has 1 aromatic rings. The van der Waals surface area contributed by atoms with Crippen molar-refractivity contribution < 1.29 is 26.3 Å². The number of Topliss-reactive ketones (excluding diaryl/α,β-unsaturated/α-hetero) is 1. The fourth-order valence-electron chi connectivity index (χ4n) is 4.53. The summed E-state index contributed by atoms with van der Waals surface area (Å²) < 4.78 is 0.847. The van der Waals surface area contributed by atoms with Crippen molar-refractivity contribution >= 4 is 5.78 Å². The monoisotopic (exact) mass is 365 g/mol. The minimum absolute atomic E-state index is 0. The number of hydrogen-bond donors (Lipinski definition) is 0. The Bertz CT molecular complexity index is 507. The molecule has 0 bridgehead atoms. The smallest absolute Gasteiger partial charge is 0.197 e. The molecule has 0 N–H and O–H groups in total. The van der Waals surface area contributed by atoms with Crippen molar-refractivity contribution in [1.82, 2.24) is 0 Å². The molecule has 1 aliphatic heterocycles. The number of quaternary nitrogens is 1. The molecule has 3 rings (SSSR count). The summed E-state index contributed by atoms with van der Waals surface area (Å²) in [6, 6.07) is 10.6. The molecule has 122 valence electrons. The number of piperidine rings is 1. The molecule has 0 aromatic heterocycles. The lowest BCUT2D eigenvalue weighted by atomic mass is 9.59. The summed E-state index contributed by atoms with van der Waals surface area (Å²) in [6.07, 6.45) is 7.42. The number of likely N-dealkylation sites (tertiary alicyclic amines) is 1. The van der Waals surface area contributed by atoms with E-state index in [0.717, 1.165) is 17.4 Å². The zero-order chi connectivity index (χ0) is 14.9. The minimum Gasteiger partial charge on any atom is -1.00 e. The van der Waals surface area contributed by atoms with E-state index in [-0.39, 0.29) is 22.4 Å². The largest absolute Gasteiger partial charge is 1.00 e. The van der Waals surface area contributed by atoms with Gasteiger partial charge in [-0.05, 0) is 24.3 Å². The summed E-state index contributed by atoms with van der Waals surface area (Å²) in [7, 11) is 4.38. The van der Waals surface area contributed by atoms with E-state index in [2.05, 4.69) is 44.4 Å². The number of ketones is 1. The molecule has 0 spiro atoms. The molecule has 1 heterocycles. The SMILES string of the molecule is C[N+]1(C)CCC(c2ccccc2)(C2CCCCC2)C(=O)C1.[Br-]. The highest BCUT2D eigenvalue weighted by Gasteiger charge is 2.52. The first-order valence-electron chi connectivity index (χ1n) is 8.45. The third-order valence-electron chi connectivity index (χ3n) is 5.77. The topological polar surface area (TPSA) is 17.1 Å². The third-order valence-corrected chi connectivity index (χ3v) is 5.77. The van der Waals surface area contributed by atoms with E-state index in [4.69, 9.17) is 0 Å². The maximum atomic E-state index is 13.2. The zero-order valence-electron chi connectivity index (χ0n) is 13.9. The van der Waals surface area contributed by atoms with Crippen LogP contribution in [0.5, 0.6) is 0 Å². The fraction of sp³-hybridized carbons (Fsp3) is 0.632. The molecule has 2 aliphatic rings. The Morgan fingerprint density at radius 3 is 2.27 bits per heavy atom. The quantitative estimate of drug-likeness (QED) is 0.699. The second-order valence-corrected chi connectivity index (χ2v) is 7.66. The van der Waals surface area contributed by atoms with Crippen molar-refractivity contribution in [2.75, 3.05) is 27.2 Å². The van der Waals surface area contributed by atoms with Gasteiger partial charge in [0.05, 0.1) is 26.1 Å². The molecule has 0 amide bonds. The fourth-order valence-corrected chi connectivity index (χ4v) is 4.53. The van der Waals surface area contributed by atoms with E-state index < -0.39 is 0 Å². The van der Waals surface area contributed by atoms with E-state index in [1.165, 1.54) is 37.7 Å². The van der Waals surface area contributed by atoms with Gasteiger partial charge in [0.2, 0.25) is 0 Å². The Balaban J connectivity index is 0.00000176. The Morgan fingerprint density at radius 2 is 1.68 bits per heavy atom. The molecule has 1 aromatic carbocycles.